The second kappa shape index (κ2) is 6.29. The van der Waals surface area contributed by atoms with Crippen LogP contribution in [0.5, 0.6) is 0 Å². The lowest BCUT2D eigenvalue weighted by Crippen LogP contribution is -2.20. The summed E-state index contributed by atoms with van der Waals surface area (Å²) in [5, 5.41) is 22.0. The SMILES string of the molecule is OC[C@H](O)Cc1cnc(C2=CCNCC2)c(Cl)c1. The Labute approximate surface area is 111 Å². The van der Waals surface area contributed by atoms with Gasteiger partial charge in [0.05, 0.1) is 23.4 Å². The number of aliphatic hydroxyl groups excluding tert-OH is 2. The van der Waals surface area contributed by atoms with Crippen LogP contribution >= 0.6 is 11.6 Å². The molecule has 0 radical (unpaired) electrons. The van der Waals surface area contributed by atoms with Gasteiger partial charge in [0, 0.05) is 19.2 Å². The summed E-state index contributed by atoms with van der Waals surface area (Å²) in [5.74, 6) is 0. The molecule has 1 atom stereocenters. The van der Waals surface area contributed by atoms with Gasteiger partial charge in [-0.3, -0.25) is 4.98 Å². The van der Waals surface area contributed by atoms with E-state index in [1.807, 2.05) is 6.07 Å². The molecule has 1 aromatic heterocycles. The summed E-state index contributed by atoms with van der Waals surface area (Å²) in [6.45, 7) is 1.53. The molecule has 2 rings (SSSR count). The maximum Gasteiger partial charge on any atom is 0.0845 e. The van der Waals surface area contributed by atoms with Gasteiger partial charge in [0.25, 0.3) is 0 Å². The predicted octanol–water partition coefficient (Wildman–Crippen LogP) is 1.01. The highest BCUT2D eigenvalue weighted by molar-refractivity contribution is 6.32. The predicted molar refractivity (Wildman–Crippen MR) is 71.5 cm³/mol. The Kier molecular flexibility index (Phi) is 4.72. The van der Waals surface area contributed by atoms with E-state index in [-0.39, 0.29) is 6.61 Å². The minimum atomic E-state index is -0.758. The maximum atomic E-state index is 9.38. The molecule has 0 fully saturated rings. The lowest BCUT2D eigenvalue weighted by atomic mass is 10.0. The summed E-state index contributed by atoms with van der Waals surface area (Å²) in [6, 6.07) is 1.81. The quantitative estimate of drug-likeness (QED) is 0.763. The number of hydrogen-bond acceptors (Lipinski definition) is 4. The van der Waals surface area contributed by atoms with Gasteiger partial charge in [-0.15, -0.1) is 0 Å². The fraction of sp³-hybridized carbons (Fsp3) is 0.462. The van der Waals surface area contributed by atoms with Gasteiger partial charge in [-0.05, 0) is 30.2 Å². The largest absolute Gasteiger partial charge is 0.394 e. The third kappa shape index (κ3) is 3.29. The van der Waals surface area contributed by atoms with Crippen LogP contribution in [0.4, 0.5) is 0 Å². The third-order valence-electron chi connectivity index (χ3n) is 2.95. The van der Waals surface area contributed by atoms with Gasteiger partial charge in [-0.1, -0.05) is 17.7 Å². The summed E-state index contributed by atoms with van der Waals surface area (Å²) in [6.07, 6.45) is 4.34. The number of pyridine rings is 1. The second-order valence-electron chi connectivity index (χ2n) is 4.40. The van der Waals surface area contributed by atoms with Crippen LogP contribution in [0.15, 0.2) is 18.3 Å². The summed E-state index contributed by atoms with van der Waals surface area (Å²) in [4.78, 5) is 4.37. The number of aromatic nitrogens is 1. The second-order valence-corrected chi connectivity index (χ2v) is 4.81. The first-order valence-corrected chi connectivity index (χ1v) is 6.42. The van der Waals surface area contributed by atoms with Gasteiger partial charge >= 0.3 is 0 Å². The van der Waals surface area contributed by atoms with Crippen LogP contribution in [0.25, 0.3) is 5.57 Å². The van der Waals surface area contributed by atoms with Crippen LogP contribution in [-0.4, -0.2) is 41.0 Å². The Hall–Kier alpha value is -0.940. The molecule has 1 aromatic rings. The highest BCUT2D eigenvalue weighted by Crippen LogP contribution is 2.26. The van der Waals surface area contributed by atoms with Crippen molar-refractivity contribution in [2.75, 3.05) is 19.7 Å². The number of halogens is 1. The maximum absolute atomic E-state index is 9.38. The number of nitrogens with zero attached hydrogens (tertiary/aromatic N) is 1. The fourth-order valence-electron chi connectivity index (χ4n) is 2.00. The van der Waals surface area contributed by atoms with Crippen LogP contribution in [-0.2, 0) is 6.42 Å². The molecular formula is C13H17ClN2O2. The molecule has 5 heteroatoms. The third-order valence-corrected chi connectivity index (χ3v) is 3.24. The summed E-state index contributed by atoms with van der Waals surface area (Å²) in [7, 11) is 0. The lowest BCUT2D eigenvalue weighted by molar-refractivity contribution is 0.0954. The zero-order valence-corrected chi connectivity index (χ0v) is 10.8. The average molecular weight is 269 g/mol. The van der Waals surface area contributed by atoms with Crippen LogP contribution in [0.3, 0.4) is 0 Å². The Morgan fingerprint density at radius 1 is 1.50 bits per heavy atom. The Morgan fingerprint density at radius 2 is 2.33 bits per heavy atom. The molecule has 4 nitrogen and oxygen atoms in total. The van der Waals surface area contributed by atoms with Gasteiger partial charge in [0.15, 0.2) is 0 Å². The molecular weight excluding hydrogens is 252 g/mol. The van der Waals surface area contributed by atoms with Gasteiger partial charge in [0.1, 0.15) is 0 Å². The van der Waals surface area contributed by atoms with Crippen molar-refractivity contribution in [3.05, 3.63) is 34.6 Å². The van der Waals surface area contributed by atoms with E-state index in [0.29, 0.717) is 11.4 Å². The monoisotopic (exact) mass is 268 g/mol. The molecule has 0 aliphatic carbocycles. The van der Waals surface area contributed by atoms with Crippen molar-refractivity contribution in [2.24, 2.45) is 0 Å². The van der Waals surface area contributed by atoms with Gasteiger partial charge < -0.3 is 15.5 Å². The molecule has 1 aliphatic rings. The van der Waals surface area contributed by atoms with Crippen molar-refractivity contribution in [2.45, 2.75) is 18.9 Å². The first kappa shape index (κ1) is 13.5. The highest BCUT2D eigenvalue weighted by atomic mass is 35.5. The minimum absolute atomic E-state index is 0.254. The van der Waals surface area contributed by atoms with Crippen LogP contribution in [0.1, 0.15) is 17.7 Å². The molecule has 0 saturated carbocycles. The van der Waals surface area contributed by atoms with Gasteiger partial charge in [0.2, 0.25) is 0 Å². The summed E-state index contributed by atoms with van der Waals surface area (Å²) < 4.78 is 0. The number of aliphatic hydroxyl groups is 2. The lowest BCUT2D eigenvalue weighted by Gasteiger charge is -2.15. The van der Waals surface area contributed by atoms with E-state index >= 15 is 0 Å². The van der Waals surface area contributed by atoms with E-state index in [9.17, 15) is 5.11 Å². The standard InChI is InChI=1S/C13H17ClN2O2/c14-12-6-9(5-11(18)8-17)7-16-13(12)10-1-3-15-4-2-10/h1,6-7,11,15,17-18H,2-5,8H2/t11-/m1/s1. The Balaban J connectivity index is 2.17. The zero-order valence-electron chi connectivity index (χ0n) is 10.1. The van der Waals surface area contributed by atoms with Crippen LogP contribution < -0.4 is 5.32 Å². The first-order chi connectivity index (χ1) is 8.70. The Morgan fingerprint density at radius 3 is 2.94 bits per heavy atom. The molecule has 3 N–H and O–H groups in total. The van der Waals surface area contributed by atoms with Crippen molar-refractivity contribution in [1.82, 2.24) is 10.3 Å². The fourth-order valence-corrected chi connectivity index (χ4v) is 2.31. The van der Waals surface area contributed by atoms with Crippen molar-refractivity contribution in [3.63, 3.8) is 0 Å². The molecule has 0 unspecified atom stereocenters. The first-order valence-electron chi connectivity index (χ1n) is 6.04. The topological polar surface area (TPSA) is 65.4 Å². The van der Waals surface area contributed by atoms with Gasteiger partial charge in [-0.25, -0.2) is 0 Å². The van der Waals surface area contributed by atoms with E-state index in [2.05, 4.69) is 16.4 Å². The van der Waals surface area contributed by atoms with E-state index in [1.54, 1.807) is 6.20 Å². The molecule has 98 valence electrons. The number of rotatable bonds is 4. The molecule has 0 saturated heterocycles. The molecule has 0 spiro atoms. The number of hydrogen-bond donors (Lipinski definition) is 3. The van der Waals surface area contributed by atoms with Crippen molar-refractivity contribution >= 4 is 17.2 Å². The Bertz CT molecular complexity index is 449. The van der Waals surface area contributed by atoms with Crippen molar-refractivity contribution in [1.29, 1.82) is 0 Å². The van der Waals surface area contributed by atoms with E-state index in [0.717, 1.165) is 36.3 Å². The van der Waals surface area contributed by atoms with E-state index < -0.39 is 6.10 Å². The zero-order chi connectivity index (χ0) is 13.0. The smallest absolute Gasteiger partial charge is 0.0845 e. The van der Waals surface area contributed by atoms with Crippen molar-refractivity contribution in [3.8, 4) is 0 Å². The molecule has 0 aromatic carbocycles. The molecule has 0 bridgehead atoms. The van der Waals surface area contributed by atoms with Crippen LogP contribution in [0, 0.1) is 0 Å². The van der Waals surface area contributed by atoms with E-state index in [4.69, 9.17) is 16.7 Å². The molecule has 18 heavy (non-hydrogen) atoms. The minimum Gasteiger partial charge on any atom is -0.394 e. The van der Waals surface area contributed by atoms with Gasteiger partial charge in [-0.2, -0.15) is 0 Å². The normalized spacial score (nSPS) is 17.4. The van der Waals surface area contributed by atoms with E-state index in [1.165, 1.54) is 0 Å². The molecule has 2 heterocycles. The highest BCUT2D eigenvalue weighted by Gasteiger charge is 2.12. The summed E-state index contributed by atoms with van der Waals surface area (Å²) >= 11 is 6.22. The molecule has 1 aliphatic heterocycles. The average Bonchev–Trinajstić information content (AvgIpc) is 2.40. The number of nitrogens with one attached hydrogen (secondary N) is 1. The summed E-state index contributed by atoms with van der Waals surface area (Å²) in [5.41, 5.74) is 2.81. The van der Waals surface area contributed by atoms with Crippen molar-refractivity contribution < 1.29 is 10.2 Å². The van der Waals surface area contributed by atoms with Crippen LogP contribution in [0.2, 0.25) is 5.02 Å². The molecule has 0 amide bonds.